The van der Waals surface area contributed by atoms with E-state index in [4.69, 9.17) is 20.4 Å². The molecule has 0 unspecified atom stereocenters. The zero-order valence-corrected chi connectivity index (χ0v) is 8.85. The SMILES string of the molecule is O=C(O)C(CCCO)=C(CCCO)C(=O)O. The fourth-order valence-corrected chi connectivity index (χ4v) is 1.29. The van der Waals surface area contributed by atoms with Crippen molar-refractivity contribution in [1.82, 2.24) is 0 Å². The van der Waals surface area contributed by atoms with E-state index in [1.54, 1.807) is 0 Å². The highest BCUT2D eigenvalue weighted by Gasteiger charge is 2.19. The number of aliphatic hydroxyl groups excluding tert-OH is 2. The molecule has 0 saturated carbocycles. The van der Waals surface area contributed by atoms with Crippen LogP contribution in [0, 0.1) is 0 Å². The van der Waals surface area contributed by atoms with Crippen LogP contribution in [-0.2, 0) is 9.59 Å². The number of carbonyl (C=O) groups is 2. The zero-order valence-electron chi connectivity index (χ0n) is 8.85. The Hall–Kier alpha value is -1.40. The molecule has 4 N–H and O–H groups in total. The van der Waals surface area contributed by atoms with E-state index in [-0.39, 0.29) is 50.0 Å². The number of hydrogen-bond acceptors (Lipinski definition) is 4. The molecule has 92 valence electrons. The highest BCUT2D eigenvalue weighted by molar-refractivity contribution is 5.98. The van der Waals surface area contributed by atoms with Crippen LogP contribution in [0.4, 0.5) is 0 Å². The molecule has 0 aromatic rings. The molecule has 0 fully saturated rings. The van der Waals surface area contributed by atoms with Crippen molar-refractivity contribution in [2.45, 2.75) is 25.7 Å². The van der Waals surface area contributed by atoms with Gasteiger partial charge in [-0.2, -0.15) is 0 Å². The van der Waals surface area contributed by atoms with Crippen molar-refractivity contribution in [2.24, 2.45) is 0 Å². The van der Waals surface area contributed by atoms with Crippen LogP contribution in [0.25, 0.3) is 0 Å². The maximum atomic E-state index is 10.8. The van der Waals surface area contributed by atoms with E-state index in [9.17, 15) is 9.59 Å². The standard InChI is InChI=1S/C10H16O6/c11-5-1-3-7(9(13)14)8(10(15)16)4-2-6-12/h11-12H,1-6H2,(H,13,14)(H,15,16). The Morgan fingerprint density at radius 3 is 1.25 bits per heavy atom. The largest absolute Gasteiger partial charge is 0.478 e. The average Bonchev–Trinajstić information content (AvgIpc) is 2.21. The lowest BCUT2D eigenvalue weighted by atomic mass is 9.99. The molecular weight excluding hydrogens is 216 g/mol. The maximum Gasteiger partial charge on any atom is 0.332 e. The van der Waals surface area contributed by atoms with E-state index in [2.05, 4.69) is 0 Å². The van der Waals surface area contributed by atoms with Crippen molar-refractivity contribution in [3.63, 3.8) is 0 Å². The second-order valence-corrected chi connectivity index (χ2v) is 3.22. The first kappa shape index (κ1) is 14.6. The van der Waals surface area contributed by atoms with Gasteiger partial charge in [0.15, 0.2) is 0 Å². The van der Waals surface area contributed by atoms with E-state index in [0.29, 0.717) is 0 Å². The highest BCUT2D eigenvalue weighted by atomic mass is 16.4. The summed E-state index contributed by atoms with van der Waals surface area (Å²) in [6, 6.07) is 0. The van der Waals surface area contributed by atoms with Crippen molar-refractivity contribution < 1.29 is 30.0 Å². The van der Waals surface area contributed by atoms with Gasteiger partial charge < -0.3 is 20.4 Å². The van der Waals surface area contributed by atoms with Gasteiger partial charge >= 0.3 is 11.9 Å². The van der Waals surface area contributed by atoms with Gasteiger partial charge in [0.25, 0.3) is 0 Å². The molecule has 0 bridgehead atoms. The molecule has 0 aliphatic carbocycles. The topological polar surface area (TPSA) is 115 Å². The normalized spacial score (nSPS) is 12.1. The molecule has 6 heteroatoms. The van der Waals surface area contributed by atoms with Crippen LogP contribution in [-0.4, -0.2) is 45.6 Å². The summed E-state index contributed by atoms with van der Waals surface area (Å²) in [7, 11) is 0. The second kappa shape index (κ2) is 7.84. The van der Waals surface area contributed by atoms with Gasteiger partial charge in [-0.1, -0.05) is 0 Å². The molecule has 6 nitrogen and oxygen atoms in total. The molecule has 0 aliphatic rings. The Kier molecular flexibility index (Phi) is 7.15. The first-order valence-electron chi connectivity index (χ1n) is 4.95. The van der Waals surface area contributed by atoms with Gasteiger partial charge in [0.2, 0.25) is 0 Å². The maximum absolute atomic E-state index is 10.8. The molecule has 0 saturated heterocycles. The number of aliphatic hydroxyl groups is 2. The summed E-state index contributed by atoms with van der Waals surface area (Å²) < 4.78 is 0. The minimum atomic E-state index is -1.29. The first-order chi connectivity index (χ1) is 7.54. The van der Waals surface area contributed by atoms with Crippen LogP contribution < -0.4 is 0 Å². The number of carboxylic acid groups (broad SMARTS) is 2. The van der Waals surface area contributed by atoms with Crippen molar-refractivity contribution >= 4 is 11.9 Å². The van der Waals surface area contributed by atoms with Crippen molar-refractivity contribution in [3.05, 3.63) is 11.1 Å². The quantitative estimate of drug-likeness (QED) is 0.438. The Labute approximate surface area is 92.8 Å². The second-order valence-electron chi connectivity index (χ2n) is 3.22. The summed E-state index contributed by atoms with van der Waals surface area (Å²) in [6.45, 7) is -0.382. The van der Waals surface area contributed by atoms with Gasteiger partial charge in [0.1, 0.15) is 0 Å². The third-order valence-electron chi connectivity index (χ3n) is 2.05. The number of carboxylic acids is 2. The summed E-state index contributed by atoms with van der Waals surface area (Å²) in [6.07, 6.45) is 0.437. The van der Waals surface area contributed by atoms with Gasteiger partial charge in [-0.25, -0.2) is 9.59 Å². The molecule has 0 heterocycles. The molecule has 0 spiro atoms. The van der Waals surface area contributed by atoms with Crippen molar-refractivity contribution in [1.29, 1.82) is 0 Å². The van der Waals surface area contributed by atoms with E-state index < -0.39 is 11.9 Å². The molecule has 0 aliphatic heterocycles. The predicted octanol–water partition coefficient (Wildman–Crippen LogP) is -0.00280. The lowest BCUT2D eigenvalue weighted by molar-refractivity contribution is -0.136. The summed E-state index contributed by atoms with van der Waals surface area (Å²) in [5.41, 5.74) is -0.398. The molecule has 16 heavy (non-hydrogen) atoms. The minimum Gasteiger partial charge on any atom is -0.478 e. The summed E-state index contributed by atoms with van der Waals surface area (Å²) in [5, 5.41) is 34.9. The van der Waals surface area contributed by atoms with Crippen LogP contribution >= 0.6 is 0 Å². The Morgan fingerprint density at radius 2 is 1.06 bits per heavy atom. The fourth-order valence-electron chi connectivity index (χ4n) is 1.29. The Morgan fingerprint density at radius 1 is 0.750 bits per heavy atom. The Balaban J connectivity index is 4.94. The molecule has 0 atom stereocenters. The van der Waals surface area contributed by atoms with E-state index >= 15 is 0 Å². The Bertz CT molecular complexity index is 253. The third-order valence-corrected chi connectivity index (χ3v) is 2.05. The first-order valence-corrected chi connectivity index (χ1v) is 4.95. The van der Waals surface area contributed by atoms with E-state index in [1.165, 1.54) is 0 Å². The van der Waals surface area contributed by atoms with E-state index in [0.717, 1.165) is 0 Å². The van der Waals surface area contributed by atoms with Crippen molar-refractivity contribution in [2.75, 3.05) is 13.2 Å². The number of rotatable bonds is 8. The average molecular weight is 232 g/mol. The number of aliphatic carboxylic acids is 2. The van der Waals surface area contributed by atoms with Gasteiger partial charge in [-0.05, 0) is 25.7 Å². The third kappa shape index (κ3) is 4.90. The van der Waals surface area contributed by atoms with Crippen LogP contribution in [0.15, 0.2) is 11.1 Å². The van der Waals surface area contributed by atoms with Crippen LogP contribution in [0.2, 0.25) is 0 Å². The predicted molar refractivity (Wildman–Crippen MR) is 54.9 cm³/mol. The molecule has 0 aromatic carbocycles. The smallest absolute Gasteiger partial charge is 0.332 e. The van der Waals surface area contributed by atoms with Crippen molar-refractivity contribution in [3.8, 4) is 0 Å². The van der Waals surface area contributed by atoms with Gasteiger partial charge in [0, 0.05) is 24.4 Å². The minimum absolute atomic E-state index is 0.0128. The molecule has 0 aromatic heterocycles. The lowest BCUT2D eigenvalue weighted by Gasteiger charge is -2.07. The monoisotopic (exact) mass is 232 g/mol. The van der Waals surface area contributed by atoms with Gasteiger partial charge in [-0.3, -0.25) is 0 Å². The molecule has 0 rings (SSSR count). The van der Waals surface area contributed by atoms with Gasteiger partial charge in [-0.15, -0.1) is 0 Å². The molecule has 0 radical (unpaired) electrons. The highest BCUT2D eigenvalue weighted by Crippen LogP contribution is 2.17. The van der Waals surface area contributed by atoms with Crippen LogP contribution in [0.1, 0.15) is 25.7 Å². The fraction of sp³-hybridized carbons (Fsp3) is 0.600. The summed E-state index contributed by atoms with van der Waals surface area (Å²) in [4.78, 5) is 21.7. The van der Waals surface area contributed by atoms with Gasteiger partial charge in [0.05, 0.1) is 0 Å². The molecule has 0 amide bonds. The van der Waals surface area contributed by atoms with Crippen LogP contribution in [0.3, 0.4) is 0 Å². The number of hydrogen-bond donors (Lipinski definition) is 4. The molecular formula is C10H16O6. The summed E-state index contributed by atoms with van der Waals surface area (Å²) in [5.74, 6) is -2.58. The summed E-state index contributed by atoms with van der Waals surface area (Å²) >= 11 is 0. The lowest BCUT2D eigenvalue weighted by Crippen LogP contribution is -2.12. The van der Waals surface area contributed by atoms with Crippen LogP contribution in [0.5, 0.6) is 0 Å². The van der Waals surface area contributed by atoms with E-state index in [1.807, 2.05) is 0 Å². The zero-order chi connectivity index (χ0) is 12.6.